The number of urea groups is 1. The molecular formula is C15H20ClN7O. The van der Waals surface area contributed by atoms with Crippen LogP contribution < -0.4 is 4.90 Å². The Balaban J connectivity index is 1.72. The third-order valence-corrected chi connectivity index (χ3v) is 4.82. The molecule has 3 rings (SSSR count). The van der Waals surface area contributed by atoms with Crippen molar-refractivity contribution < 1.29 is 4.79 Å². The van der Waals surface area contributed by atoms with Crippen LogP contribution in [0.5, 0.6) is 0 Å². The summed E-state index contributed by atoms with van der Waals surface area (Å²) in [5.74, 6) is 0.413. The molecule has 0 aliphatic carbocycles. The van der Waals surface area contributed by atoms with Gasteiger partial charge in [-0.3, -0.25) is 0 Å². The second kappa shape index (κ2) is 6.77. The van der Waals surface area contributed by atoms with E-state index in [1.54, 1.807) is 0 Å². The fourth-order valence-electron chi connectivity index (χ4n) is 3.28. The average Bonchev–Trinajstić information content (AvgIpc) is 2.96. The molecule has 0 saturated carbocycles. The lowest BCUT2D eigenvalue weighted by Crippen LogP contribution is -2.50. The molecule has 0 N–H and O–H groups in total. The minimum atomic E-state index is 0.0243. The number of piperidine rings is 1. The number of nitriles is 1. The zero-order valence-corrected chi connectivity index (χ0v) is 14.6. The van der Waals surface area contributed by atoms with E-state index in [4.69, 9.17) is 16.9 Å². The second-order valence-electron chi connectivity index (χ2n) is 6.37. The van der Waals surface area contributed by atoms with Crippen molar-refractivity contribution in [1.82, 2.24) is 25.0 Å². The maximum atomic E-state index is 12.6. The van der Waals surface area contributed by atoms with Crippen LogP contribution in [-0.2, 0) is 0 Å². The van der Waals surface area contributed by atoms with E-state index in [0.717, 1.165) is 32.5 Å². The quantitative estimate of drug-likeness (QED) is 0.821. The zero-order valence-electron chi connectivity index (χ0n) is 13.8. The molecule has 1 unspecified atom stereocenters. The fraction of sp³-hybridized carbons (Fsp3) is 0.667. The van der Waals surface area contributed by atoms with Crippen molar-refractivity contribution in [1.29, 1.82) is 5.26 Å². The van der Waals surface area contributed by atoms with Crippen LogP contribution in [0.4, 0.5) is 10.7 Å². The molecule has 2 aliphatic rings. The fourth-order valence-corrected chi connectivity index (χ4v) is 3.44. The van der Waals surface area contributed by atoms with Crippen LogP contribution >= 0.6 is 11.6 Å². The number of hydrogen-bond donors (Lipinski definition) is 0. The van der Waals surface area contributed by atoms with Crippen LogP contribution in [0.2, 0.25) is 5.15 Å². The SMILES string of the molecule is CC(C)N1CCN(C2CCCN(c3nnc(C#N)c(Cl)n3)C2)C1=O. The molecule has 8 nitrogen and oxygen atoms in total. The Morgan fingerprint density at radius 2 is 2.08 bits per heavy atom. The highest BCUT2D eigenvalue weighted by molar-refractivity contribution is 6.30. The topological polar surface area (TPSA) is 89.2 Å². The van der Waals surface area contributed by atoms with Crippen molar-refractivity contribution in [3.8, 4) is 6.07 Å². The minimum Gasteiger partial charge on any atom is -0.337 e. The van der Waals surface area contributed by atoms with Crippen LogP contribution in [0.25, 0.3) is 0 Å². The molecule has 0 bridgehead atoms. The summed E-state index contributed by atoms with van der Waals surface area (Å²) in [6.45, 7) is 7.04. The molecule has 128 valence electrons. The summed E-state index contributed by atoms with van der Waals surface area (Å²) >= 11 is 5.96. The normalized spacial score (nSPS) is 21.5. The van der Waals surface area contributed by atoms with Gasteiger partial charge in [-0.1, -0.05) is 11.6 Å². The number of aromatic nitrogens is 3. The molecule has 1 aromatic rings. The maximum Gasteiger partial charge on any atom is 0.320 e. The van der Waals surface area contributed by atoms with Crippen LogP contribution in [0.1, 0.15) is 32.4 Å². The first-order chi connectivity index (χ1) is 11.5. The Hall–Kier alpha value is -2.14. The molecule has 1 atom stereocenters. The second-order valence-corrected chi connectivity index (χ2v) is 6.73. The summed E-state index contributed by atoms with van der Waals surface area (Å²) in [5.41, 5.74) is 0.0243. The number of halogens is 1. The highest BCUT2D eigenvalue weighted by Gasteiger charge is 2.37. The van der Waals surface area contributed by atoms with Gasteiger partial charge in [0.05, 0.1) is 6.04 Å². The van der Waals surface area contributed by atoms with Gasteiger partial charge in [-0.15, -0.1) is 10.2 Å². The molecule has 3 heterocycles. The first kappa shape index (κ1) is 16.7. The van der Waals surface area contributed by atoms with Crippen LogP contribution in [-0.4, -0.2) is 69.3 Å². The molecule has 2 amide bonds. The highest BCUT2D eigenvalue weighted by Crippen LogP contribution is 2.24. The average molecular weight is 350 g/mol. The van der Waals surface area contributed by atoms with Gasteiger partial charge in [0.2, 0.25) is 5.95 Å². The lowest BCUT2D eigenvalue weighted by Gasteiger charge is -2.37. The number of carbonyl (C=O) groups excluding carboxylic acids is 1. The molecule has 2 fully saturated rings. The monoisotopic (exact) mass is 349 g/mol. The van der Waals surface area contributed by atoms with E-state index in [-0.39, 0.29) is 29.0 Å². The van der Waals surface area contributed by atoms with Crippen molar-refractivity contribution in [3.63, 3.8) is 0 Å². The number of carbonyl (C=O) groups is 1. The molecule has 9 heteroatoms. The lowest BCUT2D eigenvalue weighted by molar-refractivity contribution is 0.164. The van der Waals surface area contributed by atoms with E-state index in [0.29, 0.717) is 12.5 Å². The molecule has 1 aromatic heterocycles. The largest absolute Gasteiger partial charge is 0.337 e. The third-order valence-electron chi connectivity index (χ3n) is 4.56. The van der Waals surface area contributed by atoms with E-state index in [9.17, 15) is 4.79 Å². The van der Waals surface area contributed by atoms with Gasteiger partial charge in [0.15, 0.2) is 10.8 Å². The van der Waals surface area contributed by atoms with Gasteiger partial charge in [0, 0.05) is 32.2 Å². The maximum absolute atomic E-state index is 12.6. The Morgan fingerprint density at radius 1 is 1.29 bits per heavy atom. The zero-order chi connectivity index (χ0) is 17.3. The van der Waals surface area contributed by atoms with Gasteiger partial charge >= 0.3 is 6.03 Å². The first-order valence-electron chi connectivity index (χ1n) is 8.13. The Bertz CT molecular complexity index is 674. The molecule has 0 aromatic carbocycles. The van der Waals surface area contributed by atoms with Crippen molar-refractivity contribution in [2.75, 3.05) is 31.1 Å². The summed E-state index contributed by atoms with van der Waals surface area (Å²) < 4.78 is 0. The lowest BCUT2D eigenvalue weighted by atomic mass is 10.0. The summed E-state index contributed by atoms with van der Waals surface area (Å²) in [6.07, 6.45) is 1.91. The summed E-state index contributed by atoms with van der Waals surface area (Å²) in [6, 6.07) is 2.31. The van der Waals surface area contributed by atoms with Gasteiger partial charge in [0.25, 0.3) is 0 Å². The number of nitrogens with zero attached hydrogens (tertiary/aromatic N) is 7. The standard InChI is InChI=1S/C15H20ClN7O/c1-10(2)22-6-7-23(15(22)24)11-4-3-5-21(9-11)14-18-13(16)12(8-17)19-20-14/h10-11H,3-7,9H2,1-2H3. The summed E-state index contributed by atoms with van der Waals surface area (Å²) in [5, 5.41) is 16.7. The summed E-state index contributed by atoms with van der Waals surface area (Å²) in [4.78, 5) is 22.6. The number of anilines is 1. The van der Waals surface area contributed by atoms with Crippen LogP contribution in [0.3, 0.4) is 0 Å². The molecule has 2 saturated heterocycles. The van der Waals surface area contributed by atoms with Crippen molar-refractivity contribution in [3.05, 3.63) is 10.8 Å². The smallest absolute Gasteiger partial charge is 0.320 e. The molecule has 24 heavy (non-hydrogen) atoms. The van der Waals surface area contributed by atoms with E-state index in [2.05, 4.69) is 15.2 Å². The number of hydrogen-bond acceptors (Lipinski definition) is 6. The van der Waals surface area contributed by atoms with Crippen LogP contribution in [0, 0.1) is 11.3 Å². The van der Waals surface area contributed by atoms with E-state index in [1.165, 1.54) is 0 Å². The minimum absolute atomic E-state index is 0.0243. The van der Waals surface area contributed by atoms with Gasteiger partial charge in [-0.2, -0.15) is 10.2 Å². The predicted molar refractivity (Wildman–Crippen MR) is 88.7 cm³/mol. The van der Waals surface area contributed by atoms with Crippen LogP contribution in [0.15, 0.2) is 0 Å². The first-order valence-corrected chi connectivity index (χ1v) is 8.51. The van der Waals surface area contributed by atoms with E-state index < -0.39 is 0 Å². The Morgan fingerprint density at radius 3 is 2.71 bits per heavy atom. The Labute approximate surface area is 146 Å². The third kappa shape index (κ3) is 3.08. The van der Waals surface area contributed by atoms with Gasteiger partial charge < -0.3 is 14.7 Å². The van der Waals surface area contributed by atoms with Gasteiger partial charge in [-0.05, 0) is 26.7 Å². The van der Waals surface area contributed by atoms with Crippen molar-refractivity contribution >= 4 is 23.6 Å². The van der Waals surface area contributed by atoms with Gasteiger partial charge in [-0.25, -0.2) is 4.79 Å². The molecular weight excluding hydrogens is 330 g/mol. The number of rotatable bonds is 3. The van der Waals surface area contributed by atoms with Gasteiger partial charge in [0.1, 0.15) is 6.07 Å². The van der Waals surface area contributed by atoms with Crippen molar-refractivity contribution in [2.45, 2.75) is 38.8 Å². The highest BCUT2D eigenvalue weighted by atomic mass is 35.5. The Kier molecular flexibility index (Phi) is 4.71. The molecule has 0 spiro atoms. The predicted octanol–water partition coefficient (Wildman–Crippen LogP) is 1.51. The summed E-state index contributed by atoms with van der Waals surface area (Å²) in [7, 11) is 0. The molecule has 0 radical (unpaired) electrons. The number of amides is 2. The van der Waals surface area contributed by atoms with E-state index in [1.807, 2.05) is 34.6 Å². The molecule has 2 aliphatic heterocycles. The van der Waals surface area contributed by atoms with E-state index >= 15 is 0 Å². The van der Waals surface area contributed by atoms with Crippen molar-refractivity contribution in [2.24, 2.45) is 0 Å².